The van der Waals surface area contributed by atoms with Crippen molar-refractivity contribution in [3.05, 3.63) is 31.8 Å². The van der Waals surface area contributed by atoms with Crippen molar-refractivity contribution in [3.63, 3.8) is 0 Å². The van der Waals surface area contributed by atoms with Crippen LogP contribution >= 0.6 is 11.6 Å². The summed E-state index contributed by atoms with van der Waals surface area (Å²) >= 11 is 5.40. The Morgan fingerprint density at radius 2 is 2.06 bits per heavy atom. The number of hydrogen-bond donors (Lipinski definition) is 1. The zero-order valence-electron chi connectivity index (χ0n) is 9.72. The van der Waals surface area contributed by atoms with Crippen molar-refractivity contribution in [2.75, 3.05) is 0 Å². The van der Waals surface area contributed by atoms with Crippen molar-refractivity contribution < 1.29 is 4.39 Å². The highest BCUT2D eigenvalue weighted by Crippen LogP contribution is 2.52. The normalized spacial score (nSPS) is 17.5. The maximum Gasteiger partial charge on any atom is 0.329 e. The van der Waals surface area contributed by atoms with Gasteiger partial charge in [0.2, 0.25) is 5.82 Å². The van der Waals surface area contributed by atoms with Gasteiger partial charge in [0.25, 0.3) is 5.56 Å². The Labute approximate surface area is 102 Å². The van der Waals surface area contributed by atoms with E-state index in [4.69, 9.17) is 11.6 Å². The summed E-state index contributed by atoms with van der Waals surface area (Å²) in [5.74, 6) is -0.738. The molecule has 1 aromatic heterocycles. The van der Waals surface area contributed by atoms with Gasteiger partial charge in [0.1, 0.15) is 0 Å². The molecule has 1 heterocycles. The molecule has 1 aliphatic carbocycles. The minimum atomic E-state index is -1.09. The largest absolute Gasteiger partial charge is 0.329 e. The number of aromatic amines is 1. The lowest BCUT2D eigenvalue weighted by atomic mass is 9.92. The molecule has 6 heteroatoms. The Morgan fingerprint density at radius 3 is 2.53 bits per heavy atom. The third kappa shape index (κ3) is 2.04. The summed E-state index contributed by atoms with van der Waals surface area (Å²) in [5, 5.41) is -0.523. The zero-order chi connectivity index (χ0) is 12.8. The molecule has 1 saturated carbocycles. The molecule has 17 heavy (non-hydrogen) atoms. The maximum absolute atomic E-state index is 13.3. The molecule has 0 aromatic carbocycles. The third-order valence-electron chi connectivity index (χ3n) is 3.68. The summed E-state index contributed by atoms with van der Waals surface area (Å²) in [7, 11) is 0. The van der Waals surface area contributed by atoms with Crippen molar-refractivity contribution >= 4 is 11.6 Å². The van der Waals surface area contributed by atoms with Gasteiger partial charge in [-0.15, -0.1) is 0 Å². The second-order valence-corrected chi connectivity index (χ2v) is 5.34. The average Bonchev–Trinajstić information content (AvgIpc) is 3.02. The summed E-state index contributed by atoms with van der Waals surface area (Å²) in [6, 6.07) is 0. The molecule has 2 rings (SSSR count). The van der Waals surface area contributed by atoms with Crippen LogP contribution in [-0.4, -0.2) is 9.55 Å². The highest BCUT2D eigenvalue weighted by atomic mass is 35.5. The SMILES string of the molecule is CC(C)C1(Cn2c(=O)[nH]c(Cl)c(F)c2=O)CC1. The van der Waals surface area contributed by atoms with Crippen LogP contribution in [0.5, 0.6) is 0 Å². The fraction of sp³-hybridized carbons (Fsp3) is 0.636. The Hall–Kier alpha value is -1.10. The first kappa shape index (κ1) is 12.4. The highest BCUT2D eigenvalue weighted by molar-refractivity contribution is 6.29. The van der Waals surface area contributed by atoms with Gasteiger partial charge in [0, 0.05) is 6.54 Å². The molecule has 0 radical (unpaired) electrons. The van der Waals surface area contributed by atoms with Crippen LogP contribution in [-0.2, 0) is 6.54 Å². The molecule has 4 nitrogen and oxygen atoms in total. The predicted molar refractivity (Wildman–Crippen MR) is 62.8 cm³/mol. The quantitative estimate of drug-likeness (QED) is 0.842. The van der Waals surface area contributed by atoms with E-state index in [9.17, 15) is 14.0 Å². The van der Waals surface area contributed by atoms with E-state index in [-0.39, 0.29) is 12.0 Å². The Morgan fingerprint density at radius 1 is 1.47 bits per heavy atom. The first-order valence-electron chi connectivity index (χ1n) is 5.55. The molecule has 0 unspecified atom stereocenters. The van der Waals surface area contributed by atoms with Crippen LogP contribution in [0.2, 0.25) is 5.15 Å². The topological polar surface area (TPSA) is 54.9 Å². The van der Waals surface area contributed by atoms with Gasteiger partial charge in [0.05, 0.1) is 0 Å². The van der Waals surface area contributed by atoms with Gasteiger partial charge in [-0.05, 0) is 24.2 Å². The second-order valence-electron chi connectivity index (χ2n) is 4.97. The molecule has 0 atom stereocenters. The van der Waals surface area contributed by atoms with Crippen LogP contribution < -0.4 is 11.2 Å². The molecule has 0 saturated heterocycles. The van der Waals surface area contributed by atoms with E-state index in [2.05, 4.69) is 4.98 Å². The van der Waals surface area contributed by atoms with Gasteiger partial charge in [-0.25, -0.2) is 4.79 Å². The molecule has 0 bridgehead atoms. The molecule has 1 fully saturated rings. The van der Waals surface area contributed by atoms with Crippen LogP contribution in [0.4, 0.5) is 4.39 Å². The van der Waals surface area contributed by atoms with Gasteiger partial charge in [0.15, 0.2) is 5.15 Å². The molecule has 94 valence electrons. The van der Waals surface area contributed by atoms with Gasteiger partial charge in [-0.1, -0.05) is 25.4 Å². The molecule has 1 aliphatic rings. The van der Waals surface area contributed by atoms with E-state index in [0.29, 0.717) is 5.92 Å². The zero-order valence-corrected chi connectivity index (χ0v) is 10.5. The van der Waals surface area contributed by atoms with Crippen LogP contribution in [0, 0.1) is 17.2 Å². The fourth-order valence-electron chi connectivity index (χ4n) is 2.06. The molecular formula is C11H14ClFN2O2. The number of nitrogens with one attached hydrogen (secondary N) is 1. The minimum absolute atomic E-state index is 0.0445. The molecule has 0 aliphatic heterocycles. The second kappa shape index (κ2) is 3.98. The number of nitrogens with zero attached hydrogens (tertiary/aromatic N) is 1. The summed E-state index contributed by atoms with van der Waals surface area (Å²) in [4.78, 5) is 25.4. The van der Waals surface area contributed by atoms with E-state index in [1.807, 2.05) is 13.8 Å². The maximum atomic E-state index is 13.3. The average molecular weight is 261 g/mol. The van der Waals surface area contributed by atoms with Crippen molar-refractivity contribution in [1.82, 2.24) is 9.55 Å². The van der Waals surface area contributed by atoms with Gasteiger partial charge < -0.3 is 0 Å². The first-order chi connectivity index (χ1) is 7.87. The van der Waals surface area contributed by atoms with Crippen molar-refractivity contribution in [2.24, 2.45) is 11.3 Å². The van der Waals surface area contributed by atoms with Crippen LogP contribution in [0.25, 0.3) is 0 Å². The molecule has 0 spiro atoms. The molecular weight excluding hydrogens is 247 g/mol. The highest BCUT2D eigenvalue weighted by Gasteiger charge is 2.46. The van der Waals surface area contributed by atoms with E-state index in [1.54, 1.807) is 0 Å². The van der Waals surface area contributed by atoms with Gasteiger partial charge in [-0.3, -0.25) is 14.3 Å². The van der Waals surface area contributed by atoms with Gasteiger partial charge in [-0.2, -0.15) is 4.39 Å². The summed E-state index contributed by atoms with van der Waals surface area (Å²) in [6.07, 6.45) is 1.92. The van der Waals surface area contributed by atoms with E-state index in [0.717, 1.165) is 17.4 Å². The van der Waals surface area contributed by atoms with Crippen molar-refractivity contribution in [3.8, 4) is 0 Å². The number of hydrogen-bond acceptors (Lipinski definition) is 2. The number of aromatic nitrogens is 2. The van der Waals surface area contributed by atoms with E-state index in [1.165, 1.54) is 0 Å². The minimum Gasteiger partial charge on any atom is -0.295 e. The lowest BCUT2D eigenvalue weighted by Crippen LogP contribution is -2.40. The lowest BCUT2D eigenvalue weighted by Gasteiger charge is -2.20. The Balaban J connectivity index is 2.45. The molecule has 0 amide bonds. The fourth-order valence-corrected chi connectivity index (χ4v) is 2.22. The van der Waals surface area contributed by atoms with Crippen molar-refractivity contribution in [2.45, 2.75) is 33.2 Å². The summed E-state index contributed by atoms with van der Waals surface area (Å²) in [6.45, 7) is 4.34. The Kier molecular flexibility index (Phi) is 2.89. The lowest BCUT2D eigenvalue weighted by molar-refractivity contribution is 0.296. The monoisotopic (exact) mass is 260 g/mol. The van der Waals surface area contributed by atoms with Crippen LogP contribution in [0.3, 0.4) is 0 Å². The summed E-state index contributed by atoms with van der Waals surface area (Å²) < 4.78 is 14.2. The number of rotatable bonds is 3. The third-order valence-corrected chi connectivity index (χ3v) is 3.94. The molecule has 1 aromatic rings. The number of H-pyrrole nitrogens is 1. The van der Waals surface area contributed by atoms with Crippen LogP contribution in [0.15, 0.2) is 9.59 Å². The summed E-state index contributed by atoms with van der Waals surface area (Å²) in [5.41, 5.74) is -1.63. The van der Waals surface area contributed by atoms with Crippen molar-refractivity contribution in [1.29, 1.82) is 0 Å². The molecule has 1 N–H and O–H groups in total. The standard InChI is InChI=1S/C11H14ClFN2O2/c1-6(2)11(3-4-11)5-15-9(16)7(13)8(12)14-10(15)17/h6H,3-5H2,1-2H3,(H,14,17). The smallest absolute Gasteiger partial charge is 0.295 e. The number of halogens is 2. The van der Waals surface area contributed by atoms with Gasteiger partial charge >= 0.3 is 5.69 Å². The van der Waals surface area contributed by atoms with E-state index < -0.39 is 22.2 Å². The van der Waals surface area contributed by atoms with E-state index >= 15 is 0 Å². The Bertz CT molecular complexity index is 558. The first-order valence-corrected chi connectivity index (χ1v) is 5.93. The predicted octanol–water partition coefficient (Wildman–Crippen LogP) is 1.77. The van der Waals surface area contributed by atoms with Crippen LogP contribution in [0.1, 0.15) is 26.7 Å².